The van der Waals surface area contributed by atoms with E-state index in [0.29, 0.717) is 18.9 Å². The highest BCUT2D eigenvalue weighted by Gasteiger charge is 2.35. The topological polar surface area (TPSA) is 55.6 Å². The first kappa shape index (κ1) is 13.4. The van der Waals surface area contributed by atoms with Crippen molar-refractivity contribution >= 4 is 5.91 Å². The van der Waals surface area contributed by atoms with E-state index in [1.165, 1.54) is 11.1 Å². The van der Waals surface area contributed by atoms with Crippen molar-refractivity contribution < 1.29 is 9.53 Å². The van der Waals surface area contributed by atoms with Crippen molar-refractivity contribution in [1.82, 2.24) is 4.90 Å². The molecule has 2 N–H and O–H groups in total. The maximum Gasteiger partial charge on any atom is 0.264 e. The third-order valence-electron chi connectivity index (χ3n) is 4.56. The van der Waals surface area contributed by atoms with E-state index < -0.39 is 0 Å². The zero-order chi connectivity index (χ0) is 14.3. The van der Waals surface area contributed by atoms with Crippen molar-refractivity contribution in [2.24, 2.45) is 11.7 Å². The smallest absolute Gasteiger partial charge is 0.264 e. The Balaban J connectivity index is 1.70. The number of rotatable bonds is 2. The average molecular weight is 274 g/mol. The molecular formula is C16H22N2O2. The summed E-state index contributed by atoms with van der Waals surface area (Å²) in [5, 5.41) is 0. The van der Waals surface area contributed by atoms with Gasteiger partial charge in [0.1, 0.15) is 5.75 Å². The Hall–Kier alpha value is -1.55. The first-order valence-electron chi connectivity index (χ1n) is 7.34. The van der Waals surface area contributed by atoms with E-state index in [-0.39, 0.29) is 12.0 Å². The van der Waals surface area contributed by atoms with Crippen LogP contribution < -0.4 is 10.5 Å². The normalized spacial score (nSPS) is 24.6. The number of benzene rings is 1. The van der Waals surface area contributed by atoms with E-state index in [0.717, 1.165) is 30.8 Å². The monoisotopic (exact) mass is 274 g/mol. The molecule has 1 amide bonds. The molecule has 2 aliphatic heterocycles. The minimum atomic E-state index is -0.345. The van der Waals surface area contributed by atoms with E-state index in [2.05, 4.69) is 19.9 Å². The molecule has 108 valence electrons. The molecule has 3 rings (SSSR count). The van der Waals surface area contributed by atoms with Gasteiger partial charge in [-0.05, 0) is 55.5 Å². The number of carbonyl (C=O) groups is 1. The molecule has 0 bridgehead atoms. The van der Waals surface area contributed by atoms with Crippen LogP contribution in [0.15, 0.2) is 12.1 Å². The first-order chi connectivity index (χ1) is 9.58. The number of hydrogen-bond donors (Lipinski definition) is 1. The molecule has 0 aromatic heterocycles. The highest BCUT2D eigenvalue weighted by Crippen LogP contribution is 2.32. The number of aryl methyl sites for hydroxylation is 2. The van der Waals surface area contributed by atoms with Gasteiger partial charge in [0.05, 0.1) is 0 Å². The summed E-state index contributed by atoms with van der Waals surface area (Å²) in [4.78, 5) is 14.4. The molecule has 2 unspecified atom stereocenters. The maximum atomic E-state index is 12.5. The van der Waals surface area contributed by atoms with Crippen molar-refractivity contribution in [3.8, 4) is 5.75 Å². The van der Waals surface area contributed by atoms with Gasteiger partial charge >= 0.3 is 0 Å². The van der Waals surface area contributed by atoms with Crippen LogP contribution >= 0.6 is 0 Å². The molecule has 2 aliphatic rings. The molecule has 0 saturated carbocycles. The number of nitrogens with zero attached hydrogens (tertiary/aromatic N) is 1. The largest absolute Gasteiger partial charge is 0.480 e. The van der Waals surface area contributed by atoms with E-state index in [1.54, 1.807) is 0 Å². The molecule has 4 nitrogen and oxygen atoms in total. The Morgan fingerprint density at radius 2 is 2.15 bits per heavy atom. The predicted molar refractivity (Wildman–Crippen MR) is 77.8 cm³/mol. The molecule has 1 saturated heterocycles. The Morgan fingerprint density at radius 1 is 1.40 bits per heavy atom. The quantitative estimate of drug-likeness (QED) is 0.887. The molecular weight excluding hydrogens is 252 g/mol. The van der Waals surface area contributed by atoms with Crippen molar-refractivity contribution in [2.75, 3.05) is 19.6 Å². The zero-order valence-electron chi connectivity index (χ0n) is 12.2. The molecule has 1 aromatic rings. The van der Waals surface area contributed by atoms with Gasteiger partial charge in [-0.1, -0.05) is 6.07 Å². The molecule has 2 heterocycles. The molecule has 2 atom stereocenters. The van der Waals surface area contributed by atoms with E-state index >= 15 is 0 Å². The molecule has 20 heavy (non-hydrogen) atoms. The predicted octanol–water partition coefficient (Wildman–Crippen LogP) is 1.41. The number of carbonyl (C=O) groups excluding carboxylic acids is 1. The van der Waals surface area contributed by atoms with Crippen molar-refractivity contribution in [3.05, 3.63) is 28.8 Å². The minimum absolute atomic E-state index is 0.118. The lowest BCUT2D eigenvalue weighted by atomic mass is 10.0. The molecule has 0 aliphatic carbocycles. The van der Waals surface area contributed by atoms with Gasteiger partial charge in [0.2, 0.25) is 0 Å². The Labute approximate surface area is 119 Å². The van der Waals surface area contributed by atoms with Gasteiger partial charge in [0.25, 0.3) is 5.91 Å². The number of fused-ring (bicyclic) bond motifs is 1. The van der Waals surface area contributed by atoms with Crippen LogP contribution in [0.5, 0.6) is 5.75 Å². The summed E-state index contributed by atoms with van der Waals surface area (Å²) in [6.45, 7) is 6.42. The summed E-state index contributed by atoms with van der Waals surface area (Å²) in [6, 6.07) is 4.19. The number of nitrogens with two attached hydrogens (primary N) is 1. The van der Waals surface area contributed by atoms with Gasteiger partial charge < -0.3 is 15.4 Å². The highest BCUT2D eigenvalue weighted by molar-refractivity contribution is 5.83. The summed E-state index contributed by atoms with van der Waals surface area (Å²) in [7, 11) is 0. The fourth-order valence-corrected chi connectivity index (χ4v) is 3.08. The van der Waals surface area contributed by atoms with Gasteiger partial charge in [-0.2, -0.15) is 0 Å². The lowest BCUT2D eigenvalue weighted by molar-refractivity contribution is -0.136. The Bertz CT molecular complexity index is 511. The number of amides is 1. The second-order valence-corrected chi connectivity index (χ2v) is 6.03. The molecule has 0 spiro atoms. The molecule has 4 heteroatoms. The molecule has 1 aromatic carbocycles. The van der Waals surface area contributed by atoms with E-state index in [1.807, 2.05) is 11.0 Å². The van der Waals surface area contributed by atoms with Crippen LogP contribution in [-0.4, -0.2) is 36.5 Å². The zero-order valence-corrected chi connectivity index (χ0v) is 12.2. The maximum absolute atomic E-state index is 12.5. The van der Waals surface area contributed by atoms with Crippen molar-refractivity contribution in [1.29, 1.82) is 0 Å². The third kappa shape index (κ3) is 2.29. The van der Waals surface area contributed by atoms with E-state index in [9.17, 15) is 4.79 Å². The molecule has 0 radical (unpaired) electrons. The van der Waals surface area contributed by atoms with Crippen LogP contribution in [0.25, 0.3) is 0 Å². The van der Waals surface area contributed by atoms with Gasteiger partial charge in [-0.25, -0.2) is 0 Å². The molecule has 1 fully saturated rings. The van der Waals surface area contributed by atoms with Crippen LogP contribution in [0.1, 0.15) is 23.1 Å². The minimum Gasteiger partial charge on any atom is -0.480 e. The fourth-order valence-electron chi connectivity index (χ4n) is 3.08. The van der Waals surface area contributed by atoms with Crippen LogP contribution in [0.4, 0.5) is 0 Å². The van der Waals surface area contributed by atoms with Gasteiger partial charge in [-0.15, -0.1) is 0 Å². The number of likely N-dealkylation sites (tertiary alicyclic amines) is 1. The number of hydrogen-bond acceptors (Lipinski definition) is 3. The van der Waals surface area contributed by atoms with Gasteiger partial charge in [0, 0.05) is 19.5 Å². The van der Waals surface area contributed by atoms with E-state index in [4.69, 9.17) is 10.5 Å². The lowest BCUT2D eigenvalue weighted by Crippen LogP contribution is -2.40. The Morgan fingerprint density at radius 3 is 2.85 bits per heavy atom. The second kappa shape index (κ2) is 5.09. The SMILES string of the molecule is Cc1cc2c(cc1C)OC(C(=O)N1CCC(CN)C1)C2. The fraction of sp³-hybridized carbons (Fsp3) is 0.562. The summed E-state index contributed by atoms with van der Waals surface area (Å²) in [5.41, 5.74) is 9.30. The standard InChI is InChI=1S/C16H22N2O2/c1-10-5-13-7-15(20-14(13)6-11(10)2)16(19)18-4-3-12(8-17)9-18/h5-6,12,15H,3-4,7-9,17H2,1-2H3. The number of ether oxygens (including phenoxy) is 1. The van der Waals surface area contributed by atoms with Crippen LogP contribution in [-0.2, 0) is 11.2 Å². The highest BCUT2D eigenvalue weighted by atomic mass is 16.5. The van der Waals surface area contributed by atoms with Crippen LogP contribution in [0.2, 0.25) is 0 Å². The van der Waals surface area contributed by atoms with Crippen molar-refractivity contribution in [2.45, 2.75) is 32.8 Å². The summed E-state index contributed by atoms with van der Waals surface area (Å²) < 4.78 is 5.86. The van der Waals surface area contributed by atoms with Gasteiger partial charge in [-0.3, -0.25) is 4.79 Å². The summed E-state index contributed by atoms with van der Waals surface area (Å²) in [6.07, 6.45) is 1.36. The summed E-state index contributed by atoms with van der Waals surface area (Å²) >= 11 is 0. The van der Waals surface area contributed by atoms with Gasteiger partial charge in [0.15, 0.2) is 6.10 Å². The second-order valence-electron chi connectivity index (χ2n) is 6.03. The van der Waals surface area contributed by atoms with Crippen LogP contribution in [0.3, 0.4) is 0 Å². The van der Waals surface area contributed by atoms with Crippen LogP contribution in [0, 0.1) is 19.8 Å². The lowest BCUT2D eigenvalue weighted by Gasteiger charge is -2.20. The third-order valence-corrected chi connectivity index (χ3v) is 4.56. The average Bonchev–Trinajstić information content (AvgIpc) is 3.05. The van der Waals surface area contributed by atoms with Crippen molar-refractivity contribution in [3.63, 3.8) is 0 Å². The first-order valence-corrected chi connectivity index (χ1v) is 7.34. The Kier molecular flexibility index (Phi) is 3.42. The summed E-state index contributed by atoms with van der Waals surface area (Å²) in [5.74, 6) is 1.45.